The Morgan fingerprint density at radius 1 is 1.30 bits per heavy atom. The van der Waals surface area contributed by atoms with Crippen molar-refractivity contribution in [2.24, 2.45) is 11.8 Å². The molecule has 2 aliphatic heterocycles. The van der Waals surface area contributed by atoms with Crippen LogP contribution < -0.4 is 0 Å². The summed E-state index contributed by atoms with van der Waals surface area (Å²) in [4.78, 5) is 2.56. The van der Waals surface area contributed by atoms with E-state index >= 15 is 0 Å². The van der Waals surface area contributed by atoms with Gasteiger partial charge in [0, 0.05) is 12.6 Å². The van der Waals surface area contributed by atoms with Crippen LogP contribution in [0, 0.1) is 11.8 Å². The summed E-state index contributed by atoms with van der Waals surface area (Å²) in [5.74, 6) is 2.00. The lowest BCUT2D eigenvalue weighted by Gasteiger charge is -2.47. The first-order valence-corrected chi connectivity index (χ1v) is 4.47. The molecule has 3 aliphatic rings. The van der Waals surface area contributed by atoms with Gasteiger partial charge in [-0.15, -0.1) is 0 Å². The maximum atomic E-state index is 2.56. The van der Waals surface area contributed by atoms with Gasteiger partial charge in [0.05, 0.1) is 0 Å². The van der Waals surface area contributed by atoms with E-state index in [4.69, 9.17) is 0 Å². The first kappa shape index (κ1) is 6.66. The maximum absolute atomic E-state index is 2.56. The molecule has 1 saturated carbocycles. The largest absolute Gasteiger partial charge is 0.303 e. The van der Waals surface area contributed by atoms with Crippen molar-refractivity contribution in [1.82, 2.24) is 4.90 Å². The molecule has 58 valence electrons. The first-order valence-electron chi connectivity index (χ1n) is 4.47. The number of nitrogens with zero attached hydrogens (tertiary/aromatic N) is 1. The van der Waals surface area contributed by atoms with E-state index in [-0.39, 0.29) is 0 Å². The van der Waals surface area contributed by atoms with Gasteiger partial charge in [-0.25, -0.2) is 0 Å². The molecule has 0 N–H and O–H groups in total. The smallest absolute Gasteiger partial charge is 0.0118 e. The molecule has 0 radical (unpaired) electrons. The molecule has 2 bridgehead atoms. The van der Waals surface area contributed by atoms with Crippen molar-refractivity contribution in [2.75, 3.05) is 13.6 Å². The average molecular weight is 139 g/mol. The number of rotatable bonds is 0. The van der Waals surface area contributed by atoms with Gasteiger partial charge in [-0.3, -0.25) is 0 Å². The summed E-state index contributed by atoms with van der Waals surface area (Å²) in [6.45, 7) is 3.78. The second-order valence-electron chi connectivity index (χ2n) is 4.16. The van der Waals surface area contributed by atoms with Gasteiger partial charge >= 0.3 is 0 Å². The maximum Gasteiger partial charge on any atom is 0.0118 e. The third-order valence-corrected chi connectivity index (χ3v) is 3.34. The highest BCUT2D eigenvalue weighted by Crippen LogP contribution is 2.37. The number of piperidine rings is 2. The quantitative estimate of drug-likeness (QED) is 0.494. The fourth-order valence-corrected chi connectivity index (χ4v) is 2.85. The Morgan fingerprint density at radius 3 is 2.50 bits per heavy atom. The van der Waals surface area contributed by atoms with Gasteiger partial charge in [0.25, 0.3) is 0 Å². The van der Waals surface area contributed by atoms with E-state index in [1.54, 1.807) is 0 Å². The van der Waals surface area contributed by atoms with Crippen molar-refractivity contribution >= 4 is 0 Å². The van der Waals surface area contributed by atoms with Gasteiger partial charge in [-0.2, -0.15) is 0 Å². The highest BCUT2D eigenvalue weighted by molar-refractivity contribution is 4.90. The lowest BCUT2D eigenvalue weighted by atomic mass is 9.74. The molecule has 1 aliphatic carbocycles. The van der Waals surface area contributed by atoms with Gasteiger partial charge in [-0.1, -0.05) is 6.92 Å². The van der Waals surface area contributed by atoms with Crippen molar-refractivity contribution in [2.45, 2.75) is 32.2 Å². The molecule has 3 fully saturated rings. The molecule has 2 saturated heterocycles. The molecule has 10 heavy (non-hydrogen) atoms. The number of hydrogen-bond acceptors (Lipinski definition) is 1. The highest BCUT2D eigenvalue weighted by Gasteiger charge is 2.36. The molecule has 1 nitrogen and oxygen atoms in total. The SMILES string of the molecule is C[C@H]1C[C@H]2CC[C@@H]1N(C)C2. The van der Waals surface area contributed by atoms with Crippen LogP contribution in [-0.2, 0) is 0 Å². The van der Waals surface area contributed by atoms with E-state index in [0.29, 0.717) is 0 Å². The van der Waals surface area contributed by atoms with Crippen LogP contribution in [0.25, 0.3) is 0 Å². The van der Waals surface area contributed by atoms with Crippen molar-refractivity contribution in [3.05, 3.63) is 0 Å². The van der Waals surface area contributed by atoms with Crippen molar-refractivity contribution in [1.29, 1.82) is 0 Å². The normalized spacial score (nSPS) is 48.0. The lowest BCUT2D eigenvalue weighted by Crippen LogP contribution is -2.50. The third kappa shape index (κ3) is 0.878. The van der Waals surface area contributed by atoms with Crippen LogP contribution in [0.4, 0.5) is 0 Å². The molecular weight excluding hydrogens is 122 g/mol. The van der Waals surface area contributed by atoms with Crippen LogP contribution in [0.1, 0.15) is 26.2 Å². The predicted octanol–water partition coefficient (Wildman–Crippen LogP) is 1.74. The van der Waals surface area contributed by atoms with Gasteiger partial charge < -0.3 is 4.90 Å². The Kier molecular flexibility index (Phi) is 1.48. The van der Waals surface area contributed by atoms with E-state index in [2.05, 4.69) is 18.9 Å². The van der Waals surface area contributed by atoms with Crippen molar-refractivity contribution < 1.29 is 0 Å². The molecule has 3 atom stereocenters. The summed E-state index contributed by atoms with van der Waals surface area (Å²) in [6, 6.07) is 0.921. The molecule has 0 spiro atoms. The summed E-state index contributed by atoms with van der Waals surface area (Å²) in [6.07, 6.45) is 4.46. The number of fused-ring (bicyclic) bond motifs is 3. The van der Waals surface area contributed by atoms with Crippen LogP contribution in [0.2, 0.25) is 0 Å². The lowest BCUT2D eigenvalue weighted by molar-refractivity contribution is 0.0280. The summed E-state index contributed by atoms with van der Waals surface area (Å²) in [5.41, 5.74) is 0. The predicted molar refractivity (Wildman–Crippen MR) is 42.9 cm³/mol. The molecule has 0 amide bonds. The minimum absolute atomic E-state index is 0.921. The van der Waals surface area contributed by atoms with E-state index in [1.807, 2.05) is 0 Å². The van der Waals surface area contributed by atoms with Crippen molar-refractivity contribution in [3.8, 4) is 0 Å². The van der Waals surface area contributed by atoms with E-state index in [1.165, 1.54) is 25.8 Å². The zero-order valence-corrected chi connectivity index (χ0v) is 7.01. The molecule has 1 heteroatoms. The Balaban J connectivity index is 2.11. The van der Waals surface area contributed by atoms with Gasteiger partial charge in [0.1, 0.15) is 0 Å². The fourth-order valence-electron chi connectivity index (χ4n) is 2.85. The van der Waals surface area contributed by atoms with Gasteiger partial charge in [0.2, 0.25) is 0 Å². The molecule has 2 heterocycles. The number of hydrogen-bond donors (Lipinski definition) is 0. The van der Waals surface area contributed by atoms with E-state index < -0.39 is 0 Å². The van der Waals surface area contributed by atoms with Crippen LogP contribution >= 0.6 is 0 Å². The minimum Gasteiger partial charge on any atom is -0.303 e. The Labute approximate surface area is 63.4 Å². The zero-order valence-electron chi connectivity index (χ0n) is 7.01. The Bertz CT molecular complexity index is 121. The second-order valence-corrected chi connectivity index (χ2v) is 4.16. The Hall–Kier alpha value is -0.0400. The summed E-state index contributed by atoms with van der Waals surface area (Å²) in [7, 11) is 2.28. The molecule has 3 rings (SSSR count). The zero-order chi connectivity index (χ0) is 7.14. The summed E-state index contributed by atoms with van der Waals surface area (Å²) < 4.78 is 0. The molecule has 0 unspecified atom stereocenters. The fraction of sp³-hybridized carbons (Fsp3) is 1.00. The molecule has 0 aromatic heterocycles. The van der Waals surface area contributed by atoms with Gasteiger partial charge in [-0.05, 0) is 38.1 Å². The average Bonchev–Trinajstić information content (AvgIpc) is 1.86. The summed E-state index contributed by atoms with van der Waals surface area (Å²) in [5, 5.41) is 0. The van der Waals surface area contributed by atoms with E-state index in [9.17, 15) is 0 Å². The van der Waals surface area contributed by atoms with Crippen LogP contribution in [0.3, 0.4) is 0 Å². The standard InChI is InChI=1S/C9H17N/c1-7-5-8-3-4-9(7)10(2)6-8/h7-9H,3-6H2,1-2H3/t7-,8+,9-/m0/s1. The van der Waals surface area contributed by atoms with E-state index in [0.717, 1.165) is 17.9 Å². The van der Waals surface area contributed by atoms with Crippen molar-refractivity contribution in [3.63, 3.8) is 0 Å². The van der Waals surface area contributed by atoms with Gasteiger partial charge in [0.15, 0.2) is 0 Å². The van der Waals surface area contributed by atoms with Crippen LogP contribution in [0.15, 0.2) is 0 Å². The molecular formula is C9H17N. The molecule has 0 aromatic rings. The van der Waals surface area contributed by atoms with Crippen LogP contribution in [0.5, 0.6) is 0 Å². The third-order valence-electron chi connectivity index (χ3n) is 3.34. The summed E-state index contributed by atoms with van der Waals surface area (Å²) >= 11 is 0. The monoisotopic (exact) mass is 139 g/mol. The topological polar surface area (TPSA) is 3.24 Å². The van der Waals surface area contributed by atoms with Crippen LogP contribution in [-0.4, -0.2) is 24.5 Å². The minimum atomic E-state index is 0.921. The Morgan fingerprint density at radius 2 is 2.10 bits per heavy atom. The first-order chi connectivity index (χ1) is 4.77. The molecule has 0 aromatic carbocycles. The highest BCUT2D eigenvalue weighted by atomic mass is 15.2. The second kappa shape index (κ2) is 2.23.